The fourth-order valence-corrected chi connectivity index (χ4v) is 4.06. The first-order valence-electron chi connectivity index (χ1n) is 7.26. The van der Waals surface area contributed by atoms with Crippen molar-refractivity contribution in [2.24, 2.45) is 5.73 Å². The summed E-state index contributed by atoms with van der Waals surface area (Å²) in [5.74, 6) is -0.912. The van der Waals surface area contributed by atoms with Crippen LogP contribution in [0.3, 0.4) is 0 Å². The first-order chi connectivity index (χ1) is 11.5. The lowest BCUT2D eigenvalue weighted by molar-refractivity contribution is -0.124. The van der Waals surface area contributed by atoms with E-state index in [1.165, 1.54) is 11.3 Å². The zero-order valence-corrected chi connectivity index (χ0v) is 14.8. The average Bonchev–Trinajstić information content (AvgIpc) is 3.16. The number of rotatable bonds is 4. The van der Waals surface area contributed by atoms with Gasteiger partial charge in [0.1, 0.15) is 11.1 Å². The quantitative estimate of drug-likeness (QED) is 0.837. The molecule has 126 valence electrons. The fraction of sp³-hybridized carbons (Fsp3) is 0.250. The van der Waals surface area contributed by atoms with Crippen molar-refractivity contribution in [3.63, 3.8) is 0 Å². The van der Waals surface area contributed by atoms with Crippen molar-refractivity contribution >= 4 is 51.4 Å². The molecule has 0 bridgehead atoms. The van der Waals surface area contributed by atoms with E-state index in [9.17, 15) is 9.59 Å². The predicted molar refractivity (Wildman–Crippen MR) is 95.9 cm³/mol. The van der Waals surface area contributed by atoms with Crippen LogP contribution < -0.4 is 11.1 Å². The van der Waals surface area contributed by atoms with Gasteiger partial charge in [-0.25, -0.2) is 0 Å². The van der Waals surface area contributed by atoms with Gasteiger partial charge in [-0.05, 0) is 25.0 Å². The van der Waals surface area contributed by atoms with Crippen molar-refractivity contribution in [2.75, 3.05) is 11.9 Å². The molecule has 3 rings (SSSR count). The van der Waals surface area contributed by atoms with Crippen molar-refractivity contribution in [1.82, 2.24) is 0 Å². The van der Waals surface area contributed by atoms with E-state index in [4.69, 9.17) is 33.7 Å². The van der Waals surface area contributed by atoms with E-state index in [1.54, 1.807) is 23.6 Å². The minimum absolute atomic E-state index is 0.232. The van der Waals surface area contributed by atoms with Crippen LogP contribution in [0, 0.1) is 0 Å². The Morgan fingerprint density at radius 2 is 2.08 bits per heavy atom. The van der Waals surface area contributed by atoms with Gasteiger partial charge in [-0.1, -0.05) is 29.3 Å². The smallest absolute Gasteiger partial charge is 0.254 e. The Labute approximate surface area is 152 Å². The number of anilines is 1. The van der Waals surface area contributed by atoms with Crippen LogP contribution in [0.2, 0.25) is 10.0 Å². The van der Waals surface area contributed by atoms with Gasteiger partial charge in [0.25, 0.3) is 11.8 Å². The minimum atomic E-state index is -0.639. The molecule has 5 nitrogen and oxygen atoms in total. The van der Waals surface area contributed by atoms with Crippen molar-refractivity contribution in [1.29, 1.82) is 0 Å². The normalized spacial score (nSPS) is 17.0. The molecule has 1 aliphatic heterocycles. The molecule has 8 heteroatoms. The van der Waals surface area contributed by atoms with Crippen LogP contribution in [-0.2, 0) is 9.53 Å². The van der Waals surface area contributed by atoms with Gasteiger partial charge in [0.2, 0.25) is 0 Å². The molecule has 0 saturated carbocycles. The maximum Gasteiger partial charge on any atom is 0.254 e. The lowest BCUT2D eigenvalue weighted by atomic mass is 10.0. The molecule has 1 fully saturated rings. The molecule has 3 N–H and O–H groups in total. The number of ether oxygens (including phenoxy) is 1. The number of thiophene rings is 1. The second-order valence-corrected chi connectivity index (χ2v) is 7.06. The summed E-state index contributed by atoms with van der Waals surface area (Å²) in [4.78, 5) is 24.2. The number of benzene rings is 1. The van der Waals surface area contributed by atoms with Gasteiger partial charge < -0.3 is 15.8 Å². The Morgan fingerprint density at radius 1 is 1.29 bits per heavy atom. The third kappa shape index (κ3) is 3.42. The Morgan fingerprint density at radius 3 is 2.71 bits per heavy atom. The van der Waals surface area contributed by atoms with Crippen LogP contribution in [0.15, 0.2) is 23.6 Å². The Balaban J connectivity index is 1.95. The number of amides is 2. The molecule has 1 saturated heterocycles. The number of hydrogen-bond donors (Lipinski definition) is 2. The molecule has 2 amide bonds. The zero-order valence-electron chi connectivity index (χ0n) is 12.5. The van der Waals surface area contributed by atoms with Crippen LogP contribution >= 0.6 is 34.5 Å². The van der Waals surface area contributed by atoms with Crippen LogP contribution in [0.25, 0.3) is 11.1 Å². The molecule has 0 radical (unpaired) electrons. The summed E-state index contributed by atoms with van der Waals surface area (Å²) >= 11 is 13.3. The lowest BCUT2D eigenvalue weighted by Crippen LogP contribution is -2.27. The first kappa shape index (κ1) is 17.2. The highest BCUT2D eigenvalue weighted by atomic mass is 35.5. The summed E-state index contributed by atoms with van der Waals surface area (Å²) < 4.78 is 5.35. The summed E-state index contributed by atoms with van der Waals surface area (Å²) in [7, 11) is 0. The molecule has 0 unspecified atom stereocenters. The number of primary amides is 1. The van der Waals surface area contributed by atoms with E-state index in [1.807, 2.05) is 0 Å². The fourth-order valence-electron chi connectivity index (χ4n) is 2.58. The molecule has 2 aromatic rings. The number of nitrogens with two attached hydrogens (primary N) is 1. The molecule has 1 aromatic carbocycles. The number of halogens is 2. The van der Waals surface area contributed by atoms with Gasteiger partial charge >= 0.3 is 0 Å². The summed E-state index contributed by atoms with van der Waals surface area (Å²) in [6, 6.07) is 4.98. The SMILES string of the molecule is NC(=O)c1c(-c2ccc(Cl)cc2Cl)csc1NC(=O)[C@@H]1CCCO1. The van der Waals surface area contributed by atoms with Gasteiger partial charge in [0, 0.05) is 33.2 Å². The second-order valence-electron chi connectivity index (χ2n) is 5.33. The van der Waals surface area contributed by atoms with E-state index in [2.05, 4.69) is 5.32 Å². The van der Waals surface area contributed by atoms with Gasteiger partial charge in [-0.15, -0.1) is 11.3 Å². The van der Waals surface area contributed by atoms with Crippen molar-refractivity contribution < 1.29 is 14.3 Å². The minimum Gasteiger partial charge on any atom is -0.368 e. The number of carbonyl (C=O) groups excluding carboxylic acids is 2. The third-order valence-electron chi connectivity index (χ3n) is 3.72. The van der Waals surface area contributed by atoms with Gasteiger partial charge in [-0.3, -0.25) is 9.59 Å². The standard InChI is InChI=1S/C16H14Cl2N2O3S/c17-8-3-4-9(11(18)6-8)10-7-24-16(13(10)14(19)21)20-15(22)12-2-1-5-23-12/h3-4,6-7,12H,1-2,5H2,(H2,19,21)(H,20,22)/t12-/m0/s1. The summed E-state index contributed by atoms with van der Waals surface area (Å²) in [6.07, 6.45) is 1.02. The topological polar surface area (TPSA) is 81.4 Å². The number of hydrogen-bond acceptors (Lipinski definition) is 4. The van der Waals surface area contributed by atoms with Crippen LogP contribution in [0.5, 0.6) is 0 Å². The van der Waals surface area contributed by atoms with E-state index in [0.717, 1.165) is 6.42 Å². The Hall–Kier alpha value is -1.60. The summed E-state index contributed by atoms with van der Waals surface area (Å²) in [6.45, 7) is 0.566. The molecule has 1 atom stereocenters. The highest BCUT2D eigenvalue weighted by molar-refractivity contribution is 7.15. The van der Waals surface area contributed by atoms with E-state index < -0.39 is 12.0 Å². The van der Waals surface area contributed by atoms with E-state index in [-0.39, 0.29) is 11.5 Å². The maximum absolute atomic E-state index is 12.2. The van der Waals surface area contributed by atoms with Gasteiger partial charge in [0.05, 0.1) is 5.56 Å². The van der Waals surface area contributed by atoms with Crippen molar-refractivity contribution in [3.05, 3.63) is 39.2 Å². The third-order valence-corrected chi connectivity index (χ3v) is 5.16. The molecular formula is C16H14Cl2N2O3S. The highest BCUT2D eigenvalue weighted by Crippen LogP contribution is 2.39. The van der Waals surface area contributed by atoms with E-state index in [0.29, 0.717) is 39.2 Å². The maximum atomic E-state index is 12.2. The monoisotopic (exact) mass is 384 g/mol. The Kier molecular flexibility index (Phi) is 5.10. The van der Waals surface area contributed by atoms with Crippen LogP contribution in [0.1, 0.15) is 23.2 Å². The van der Waals surface area contributed by atoms with Gasteiger partial charge in [0.15, 0.2) is 0 Å². The Bertz CT molecular complexity index is 801. The molecule has 0 aliphatic carbocycles. The molecule has 1 aliphatic rings. The van der Waals surface area contributed by atoms with E-state index >= 15 is 0 Å². The summed E-state index contributed by atoms with van der Waals surface area (Å²) in [5.41, 5.74) is 6.95. The highest BCUT2D eigenvalue weighted by Gasteiger charge is 2.27. The number of nitrogens with one attached hydrogen (secondary N) is 1. The van der Waals surface area contributed by atoms with Gasteiger partial charge in [-0.2, -0.15) is 0 Å². The second kappa shape index (κ2) is 7.11. The lowest BCUT2D eigenvalue weighted by Gasteiger charge is -2.11. The molecule has 1 aromatic heterocycles. The number of carbonyl (C=O) groups is 2. The van der Waals surface area contributed by atoms with Crippen LogP contribution in [0.4, 0.5) is 5.00 Å². The summed E-state index contributed by atoms with van der Waals surface area (Å²) in [5, 5.41) is 5.76. The zero-order chi connectivity index (χ0) is 17.3. The largest absolute Gasteiger partial charge is 0.368 e. The van der Waals surface area contributed by atoms with Crippen molar-refractivity contribution in [3.8, 4) is 11.1 Å². The molecule has 0 spiro atoms. The molecule has 2 heterocycles. The molecular weight excluding hydrogens is 371 g/mol. The average molecular weight is 385 g/mol. The van der Waals surface area contributed by atoms with Crippen molar-refractivity contribution in [2.45, 2.75) is 18.9 Å². The predicted octanol–water partition coefficient (Wildman–Crippen LogP) is 3.94. The van der Waals surface area contributed by atoms with Crippen LogP contribution in [-0.4, -0.2) is 24.5 Å². The first-order valence-corrected chi connectivity index (χ1v) is 8.90. The molecule has 24 heavy (non-hydrogen) atoms.